The smallest absolute Gasteiger partial charge is 0.416 e. The van der Waals surface area contributed by atoms with Gasteiger partial charge in [-0.15, -0.1) is 0 Å². The van der Waals surface area contributed by atoms with Gasteiger partial charge in [-0.3, -0.25) is 19.6 Å². The van der Waals surface area contributed by atoms with Crippen LogP contribution in [0.1, 0.15) is 57.7 Å². The number of hydrogen-bond acceptors (Lipinski definition) is 8. The number of ether oxygens (including phenoxy) is 2. The molecule has 2 aliphatic rings. The summed E-state index contributed by atoms with van der Waals surface area (Å²) in [5.41, 5.74) is 3.37. The lowest BCUT2D eigenvalue weighted by atomic mass is 10.2. The van der Waals surface area contributed by atoms with Gasteiger partial charge in [-0.25, -0.2) is 20.1 Å². The molecule has 0 saturated carbocycles. The molecule has 2 aromatic rings. The van der Waals surface area contributed by atoms with Crippen molar-refractivity contribution >= 4 is 23.9 Å². The second kappa shape index (κ2) is 12.9. The van der Waals surface area contributed by atoms with Crippen LogP contribution in [0.15, 0.2) is 48.8 Å². The van der Waals surface area contributed by atoms with Gasteiger partial charge < -0.3 is 9.47 Å². The third-order valence-corrected chi connectivity index (χ3v) is 6.17. The Bertz CT molecular complexity index is 1100. The van der Waals surface area contributed by atoms with E-state index in [4.69, 9.17) is 14.3 Å². The van der Waals surface area contributed by atoms with E-state index in [1.54, 1.807) is 11.1 Å². The van der Waals surface area contributed by atoms with Crippen LogP contribution in [0.3, 0.4) is 0 Å². The summed E-state index contributed by atoms with van der Waals surface area (Å²) < 4.78 is 11.2. The maximum absolute atomic E-state index is 13.3. The van der Waals surface area contributed by atoms with Gasteiger partial charge in [0.15, 0.2) is 12.1 Å². The molecule has 204 valence electrons. The number of likely N-dealkylation sites (tertiary alicyclic amines) is 1. The molecule has 4 rings (SSSR count). The van der Waals surface area contributed by atoms with Crippen molar-refractivity contribution in [2.24, 2.45) is 0 Å². The van der Waals surface area contributed by atoms with Crippen LogP contribution in [0.4, 0.5) is 10.6 Å². The predicted molar refractivity (Wildman–Crippen MR) is 143 cm³/mol. The van der Waals surface area contributed by atoms with Crippen LogP contribution in [-0.2, 0) is 25.7 Å². The Hall–Kier alpha value is -3.34. The topological polar surface area (TPSA) is 106 Å². The zero-order chi connectivity index (χ0) is 27.0. The number of anilines is 1. The first-order chi connectivity index (χ1) is 18.3. The van der Waals surface area contributed by atoms with Gasteiger partial charge in [0.05, 0.1) is 24.1 Å². The minimum absolute atomic E-state index is 0.130. The third kappa shape index (κ3) is 8.34. The Morgan fingerprint density at radius 1 is 1.18 bits per heavy atom. The zero-order valence-corrected chi connectivity index (χ0v) is 22.3. The quantitative estimate of drug-likeness (QED) is 0.408. The average molecular weight is 524 g/mol. The fourth-order valence-corrected chi connectivity index (χ4v) is 4.44. The van der Waals surface area contributed by atoms with E-state index in [2.05, 4.69) is 32.5 Å². The number of hydrogen-bond donors (Lipinski definition) is 1. The van der Waals surface area contributed by atoms with Crippen molar-refractivity contribution in [3.05, 3.63) is 60.1 Å². The van der Waals surface area contributed by atoms with Gasteiger partial charge >= 0.3 is 6.09 Å². The van der Waals surface area contributed by atoms with Crippen LogP contribution < -0.4 is 10.4 Å². The van der Waals surface area contributed by atoms with Crippen LogP contribution in [-0.4, -0.2) is 64.5 Å². The van der Waals surface area contributed by atoms with Crippen LogP contribution >= 0.6 is 0 Å². The Morgan fingerprint density at radius 3 is 2.74 bits per heavy atom. The Labute approximate surface area is 223 Å². The summed E-state index contributed by atoms with van der Waals surface area (Å²) in [5, 5.41) is 0. The van der Waals surface area contributed by atoms with Crippen molar-refractivity contribution in [1.82, 2.24) is 20.3 Å². The number of carbonyl (C=O) groups is 2. The number of aromatic nitrogens is 2. The normalized spacial score (nSPS) is 20.4. The van der Waals surface area contributed by atoms with E-state index in [1.165, 1.54) is 23.9 Å². The Balaban J connectivity index is 1.44. The molecule has 38 heavy (non-hydrogen) atoms. The monoisotopic (exact) mass is 523 g/mol. The first-order valence-corrected chi connectivity index (χ1v) is 13.1. The highest BCUT2D eigenvalue weighted by atomic mass is 16.8. The van der Waals surface area contributed by atoms with Crippen molar-refractivity contribution in [3.8, 4) is 0 Å². The summed E-state index contributed by atoms with van der Waals surface area (Å²) in [6.07, 6.45) is 8.52. The molecule has 1 aromatic carbocycles. The van der Waals surface area contributed by atoms with Gasteiger partial charge in [0.2, 0.25) is 0 Å². The summed E-state index contributed by atoms with van der Waals surface area (Å²) in [4.78, 5) is 43.7. The highest BCUT2D eigenvalue weighted by Gasteiger charge is 2.35. The summed E-state index contributed by atoms with van der Waals surface area (Å²) >= 11 is 0. The molecule has 2 fully saturated rings. The number of amides is 2. The lowest BCUT2D eigenvalue weighted by Crippen LogP contribution is -2.45. The lowest BCUT2D eigenvalue weighted by molar-refractivity contribution is -0.198. The first kappa shape index (κ1) is 27.7. The first-order valence-electron chi connectivity index (χ1n) is 13.1. The van der Waals surface area contributed by atoms with Crippen molar-refractivity contribution in [3.63, 3.8) is 0 Å². The number of hydroxylamine groups is 1. The summed E-state index contributed by atoms with van der Waals surface area (Å²) in [5.74, 6) is -0.0667. The number of nitrogens with one attached hydrogen (secondary N) is 1. The Kier molecular flexibility index (Phi) is 9.43. The SMILES string of the molecule is CC(C)(C)OC(=O)N(c1cncc(/C=C/C(=O)NOC2CCCCO2)n1)[C@@H]1CCN(Cc2ccccc2)C1. The van der Waals surface area contributed by atoms with E-state index in [0.29, 0.717) is 24.7 Å². The molecule has 0 aliphatic carbocycles. The molecule has 1 N–H and O–H groups in total. The fourth-order valence-electron chi connectivity index (χ4n) is 4.44. The summed E-state index contributed by atoms with van der Waals surface area (Å²) in [7, 11) is 0. The van der Waals surface area contributed by atoms with Gasteiger partial charge in [0, 0.05) is 38.7 Å². The number of nitrogens with zero attached hydrogens (tertiary/aromatic N) is 4. The predicted octanol–water partition coefficient (Wildman–Crippen LogP) is 4.08. The van der Waals surface area contributed by atoms with Crippen molar-refractivity contribution in [1.29, 1.82) is 0 Å². The second-order valence-corrected chi connectivity index (χ2v) is 10.5. The van der Waals surface area contributed by atoms with E-state index < -0.39 is 23.9 Å². The molecule has 10 heteroatoms. The van der Waals surface area contributed by atoms with E-state index in [1.807, 2.05) is 39.0 Å². The zero-order valence-electron chi connectivity index (χ0n) is 22.3. The number of carbonyl (C=O) groups excluding carboxylic acids is 2. The van der Waals surface area contributed by atoms with Gasteiger partial charge in [0.1, 0.15) is 5.60 Å². The van der Waals surface area contributed by atoms with Crippen molar-refractivity contribution in [2.45, 2.75) is 70.9 Å². The van der Waals surface area contributed by atoms with Crippen molar-refractivity contribution < 1.29 is 23.9 Å². The lowest BCUT2D eigenvalue weighted by Gasteiger charge is -2.31. The standard InChI is InChI=1S/C28H37N5O5/c1-28(2,3)37-27(35)33(23-14-15-32(20-23)19-21-9-5-4-6-10-21)24-18-29-17-22(30-24)12-13-25(34)31-38-26-11-7-8-16-36-26/h4-6,9-10,12-13,17-18,23,26H,7-8,11,14-16,19-20H2,1-3H3,(H,31,34)/b13-12+/t23-,26?/m1/s1. The van der Waals surface area contributed by atoms with E-state index in [9.17, 15) is 9.59 Å². The molecule has 1 unspecified atom stereocenters. The maximum atomic E-state index is 13.3. The minimum atomic E-state index is -0.664. The fraction of sp³-hybridized carbons (Fsp3) is 0.500. The van der Waals surface area contributed by atoms with E-state index in [-0.39, 0.29) is 6.04 Å². The summed E-state index contributed by atoms with van der Waals surface area (Å²) in [6.45, 7) is 8.46. The van der Waals surface area contributed by atoms with E-state index >= 15 is 0 Å². The molecule has 2 amide bonds. The number of rotatable bonds is 8. The molecule has 2 atom stereocenters. The third-order valence-electron chi connectivity index (χ3n) is 6.17. The van der Waals surface area contributed by atoms with Gasteiger partial charge in [-0.05, 0) is 51.7 Å². The van der Waals surface area contributed by atoms with Crippen LogP contribution in [0.5, 0.6) is 0 Å². The molecule has 2 aliphatic heterocycles. The van der Waals surface area contributed by atoms with Crippen LogP contribution in [0, 0.1) is 0 Å². The molecule has 0 bridgehead atoms. The molecular formula is C28H37N5O5. The van der Waals surface area contributed by atoms with Gasteiger partial charge in [-0.2, -0.15) is 0 Å². The second-order valence-electron chi connectivity index (χ2n) is 10.5. The molecule has 0 spiro atoms. The van der Waals surface area contributed by atoms with Crippen LogP contribution in [0.2, 0.25) is 0 Å². The minimum Gasteiger partial charge on any atom is -0.443 e. The Morgan fingerprint density at radius 2 is 2.00 bits per heavy atom. The van der Waals surface area contributed by atoms with Gasteiger partial charge in [0.25, 0.3) is 5.91 Å². The van der Waals surface area contributed by atoms with E-state index in [0.717, 1.165) is 38.8 Å². The molecule has 1 aromatic heterocycles. The molecule has 0 radical (unpaired) electrons. The summed E-state index contributed by atoms with van der Waals surface area (Å²) in [6, 6.07) is 10.1. The molecule has 3 heterocycles. The van der Waals surface area contributed by atoms with Crippen LogP contribution in [0.25, 0.3) is 6.08 Å². The number of benzene rings is 1. The molecular weight excluding hydrogens is 486 g/mol. The average Bonchev–Trinajstić information content (AvgIpc) is 3.34. The highest BCUT2D eigenvalue weighted by molar-refractivity contribution is 5.91. The largest absolute Gasteiger partial charge is 0.443 e. The van der Waals surface area contributed by atoms with Crippen molar-refractivity contribution in [2.75, 3.05) is 24.6 Å². The van der Waals surface area contributed by atoms with Gasteiger partial charge in [-0.1, -0.05) is 30.3 Å². The maximum Gasteiger partial charge on any atom is 0.416 e. The highest BCUT2D eigenvalue weighted by Crippen LogP contribution is 2.25. The molecule has 10 nitrogen and oxygen atoms in total. The molecule has 2 saturated heterocycles.